The van der Waals surface area contributed by atoms with Gasteiger partial charge in [-0.1, -0.05) is 18.2 Å². The minimum atomic E-state index is -0.769. The predicted octanol–water partition coefficient (Wildman–Crippen LogP) is 2.28. The van der Waals surface area contributed by atoms with Crippen molar-refractivity contribution in [1.82, 2.24) is 10.2 Å². The van der Waals surface area contributed by atoms with Crippen LogP contribution in [0.25, 0.3) is 0 Å². The molecule has 0 atom stereocenters. The SMILES string of the molecule is Cl.O=C(O)CCNC1CCN(Cc2ccccc2F)CC1. The second-order valence-electron chi connectivity index (χ2n) is 5.24. The van der Waals surface area contributed by atoms with E-state index in [1.165, 1.54) is 6.07 Å². The van der Waals surface area contributed by atoms with Gasteiger partial charge in [0.2, 0.25) is 0 Å². The molecule has 0 aromatic heterocycles. The molecule has 6 heteroatoms. The molecular formula is C15H22ClFN2O2. The summed E-state index contributed by atoms with van der Waals surface area (Å²) in [7, 11) is 0. The van der Waals surface area contributed by atoms with Gasteiger partial charge in [-0.15, -0.1) is 12.4 Å². The van der Waals surface area contributed by atoms with Crippen molar-refractivity contribution >= 4 is 18.4 Å². The smallest absolute Gasteiger partial charge is 0.304 e. The number of likely N-dealkylation sites (tertiary alicyclic amines) is 1. The third-order valence-electron chi connectivity index (χ3n) is 3.71. The second kappa shape index (κ2) is 8.97. The van der Waals surface area contributed by atoms with Crippen LogP contribution in [0, 0.1) is 5.82 Å². The van der Waals surface area contributed by atoms with Crippen molar-refractivity contribution in [2.24, 2.45) is 0 Å². The summed E-state index contributed by atoms with van der Waals surface area (Å²) in [5, 5.41) is 11.9. The van der Waals surface area contributed by atoms with Crippen LogP contribution in [0.15, 0.2) is 24.3 Å². The molecule has 0 unspecified atom stereocenters. The van der Waals surface area contributed by atoms with Gasteiger partial charge in [0.1, 0.15) is 5.82 Å². The molecule has 2 N–H and O–H groups in total. The highest BCUT2D eigenvalue weighted by molar-refractivity contribution is 5.85. The molecule has 118 valence electrons. The van der Waals surface area contributed by atoms with E-state index in [0.717, 1.165) is 31.5 Å². The Bertz CT molecular complexity index is 451. The Kier molecular flexibility index (Phi) is 7.64. The second-order valence-corrected chi connectivity index (χ2v) is 5.24. The van der Waals surface area contributed by atoms with E-state index in [4.69, 9.17) is 5.11 Å². The number of halogens is 2. The number of nitrogens with zero attached hydrogens (tertiary/aromatic N) is 1. The Morgan fingerprint density at radius 3 is 2.62 bits per heavy atom. The maximum Gasteiger partial charge on any atom is 0.304 e. The first kappa shape index (κ1) is 17.9. The zero-order valence-electron chi connectivity index (χ0n) is 11.9. The zero-order valence-corrected chi connectivity index (χ0v) is 12.7. The number of carboxylic acids is 1. The van der Waals surface area contributed by atoms with Crippen molar-refractivity contribution < 1.29 is 14.3 Å². The van der Waals surface area contributed by atoms with E-state index < -0.39 is 5.97 Å². The van der Waals surface area contributed by atoms with Crippen LogP contribution in [-0.4, -0.2) is 41.7 Å². The predicted molar refractivity (Wildman–Crippen MR) is 82.2 cm³/mol. The molecule has 0 radical (unpaired) electrons. The molecule has 0 bridgehead atoms. The standard InChI is InChI=1S/C15H21FN2O2.ClH/c16-14-4-2-1-3-12(14)11-18-9-6-13(7-10-18)17-8-5-15(19)20;/h1-4,13,17H,5-11H2,(H,19,20);1H. The largest absolute Gasteiger partial charge is 0.481 e. The average Bonchev–Trinajstić information content (AvgIpc) is 2.43. The van der Waals surface area contributed by atoms with E-state index in [1.54, 1.807) is 6.07 Å². The first-order valence-corrected chi connectivity index (χ1v) is 7.06. The van der Waals surface area contributed by atoms with Crippen LogP contribution in [0.2, 0.25) is 0 Å². The fourth-order valence-corrected chi connectivity index (χ4v) is 2.55. The number of nitrogens with one attached hydrogen (secondary N) is 1. The molecule has 1 heterocycles. The van der Waals surface area contributed by atoms with Gasteiger partial charge in [-0.2, -0.15) is 0 Å². The summed E-state index contributed by atoms with van der Waals surface area (Å²) in [4.78, 5) is 12.7. The van der Waals surface area contributed by atoms with Gasteiger partial charge < -0.3 is 10.4 Å². The van der Waals surface area contributed by atoms with E-state index in [2.05, 4.69) is 10.2 Å². The Hall–Kier alpha value is -1.17. The summed E-state index contributed by atoms with van der Waals surface area (Å²) in [6.07, 6.45) is 2.12. The summed E-state index contributed by atoms with van der Waals surface area (Å²) >= 11 is 0. The van der Waals surface area contributed by atoms with Crippen LogP contribution < -0.4 is 5.32 Å². The van der Waals surface area contributed by atoms with Crippen molar-refractivity contribution in [3.8, 4) is 0 Å². The molecule has 1 saturated heterocycles. The topological polar surface area (TPSA) is 52.6 Å². The number of rotatable bonds is 6. The first-order valence-electron chi connectivity index (χ1n) is 7.06. The van der Waals surface area contributed by atoms with E-state index in [-0.39, 0.29) is 24.6 Å². The fourth-order valence-electron chi connectivity index (χ4n) is 2.55. The van der Waals surface area contributed by atoms with Gasteiger partial charge in [0, 0.05) is 24.7 Å². The summed E-state index contributed by atoms with van der Waals surface area (Å²) in [6.45, 7) is 3.00. The highest BCUT2D eigenvalue weighted by Crippen LogP contribution is 2.15. The molecule has 0 aliphatic carbocycles. The van der Waals surface area contributed by atoms with Gasteiger partial charge >= 0.3 is 5.97 Å². The highest BCUT2D eigenvalue weighted by atomic mass is 35.5. The normalized spacial score (nSPS) is 16.4. The van der Waals surface area contributed by atoms with Gasteiger partial charge in [-0.05, 0) is 32.0 Å². The summed E-state index contributed by atoms with van der Waals surface area (Å²) in [6, 6.07) is 7.27. The van der Waals surface area contributed by atoms with E-state index in [0.29, 0.717) is 19.1 Å². The molecule has 1 aliphatic rings. The number of benzene rings is 1. The lowest BCUT2D eigenvalue weighted by Crippen LogP contribution is -2.42. The minimum Gasteiger partial charge on any atom is -0.481 e. The number of piperidine rings is 1. The van der Waals surface area contributed by atoms with E-state index in [9.17, 15) is 9.18 Å². The molecule has 1 aromatic carbocycles. The van der Waals surface area contributed by atoms with Crippen LogP contribution >= 0.6 is 12.4 Å². The van der Waals surface area contributed by atoms with Crippen molar-refractivity contribution in [2.45, 2.75) is 31.8 Å². The number of carboxylic acid groups (broad SMARTS) is 1. The lowest BCUT2D eigenvalue weighted by Gasteiger charge is -2.32. The van der Waals surface area contributed by atoms with E-state index >= 15 is 0 Å². The Morgan fingerprint density at radius 1 is 1.33 bits per heavy atom. The lowest BCUT2D eigenvalue weighted by atomic mass is 10.0. The maximum absolute atomic E-state index is 13.6. The maximum atomic E-state index is 13.6. The number of carbonyl (C=O) groups is 1. The third kappa shape index (κ3) is 5.99. The van der Waals surface area contributed by atoms with E-state index in [1.807, 2.05) is 12.1 Å². The highest BCUT2D eigenvalue weighted by Gasteiger charge is 2.19. The van der Waals surface area contributed by atoms with Crippen LogP contribution in [0.3, 0.4) is 0 Å². The molecule has 1 fully saturated rings. The van der Waals surface area contributed by atoms with Crippen molar-refractivity contribution in [1.29, 1.82) is 0 Å². The van der Waals surface area contributed by atoms with Crippen molar-refractivity contribution in [3.63, 3.8) is 0 Å². The molecule has 21 heavy (non-hydrogen) atoms. The number of aliphatic carboxylic acids is 1. The van der Waals surface area contributed by atoms with Gasteiger partial charge in [0.05, 0.1) is 6.42 Å². The molecular weight excluding hydrogens is 295 g/mol. The third-order valence-corrected chi connectivity index (χ3v) is 3.71. The Balaban J connectivity index is 0.00000220. The molecule has 1 aromatic rings. The summed E-state index contributed by atoms with van der Waals surface area (Å²) in [5.74, 6) is -0.913. The first-order chi connectivity index (χ1) is 9.65. The molecule has 2 rings (SSSR count). The van der Waals surface area contributed by atoms with Gasteiger partial charge in [0.25, 0.3) is 0 Å². The van der Waals surface area contributed by atoms with Crippen LogP contribution in [0.5, 0.6) is 0 Å². The average molecular weight is 317 g/mol. The van der Waals surface area contributed by atoms with Crippen LogP contribution in [0.4, 0.5) is 4.39 Å². The summed E-state index contributed by atoms with van der Waals surface area (Å²) in [5.41, 5.74) is 0.741. The Labute approximate surface area is 130 Å². The van der Waals surface area contributed by atoms with Gasteiger partial charge in [-0.25, -0.2) is 4.39 Å². The molecule has 0 saturated carbocycles. The van der Waals surface area contributed by atoms with Crippen molar-refractivity contribution in [2.75, 3.05) is 19.6 Å². The minimum absolute atomic E-state index is 0. The van der Waals surface area contributed by atoms with Crippen molar-refractivity contribution in [3.05, 3.63) is 35.6 Å². The molecule has 0 amide bonds. The summed E-state index contributed by atoms with van der Waals surface area (Å²) < 4.78 is 13.6. The molecule has 0 spiro atoms. The molecule has 4 nitrogen and oxygen atoms in total. The fraction of sp³-hybridized carbons (Fsp3) is 0.533. The lowest BCUT2D eigenvalue weighted by molar-refractivity contribution is -0.136. The van der Waals surface area contributed by atoms with Crippen LogP contribution in [-0.2, 0) is 11.3 Å². The van der Waals surface area contributed by atoms with Gasteiger partial charge in [-0.3, -0.25) is 9.69 Å². The zero-order chi connectivity index (χ0) is 14.4. The Morgan fingerprint density at radius 2 is 2.00 bits per heavy atom. The quantitative estimate of drug-likeness (QED) is 0.845. The number of hydrogen-bond donors (Lipinski definition) is 2. The van der Waals surface area contributed by atoms with Gasteiger partial charge in [0.15, 0.2) is 0 Å². The monoisotopic (exact) mass is 316 g/mol. The molecule has 1 aliphatic heterocycles. The van der Waals surface area contributed by atoms with Crippen LogP contribution in [0.1, 0.15) is 24.8 Å². The number of hydrogen-bond acceptors (Lipinski definition) is 3.